The SMILES string of the molecule is CC(C)C1CNC(C2CC2)CN1C1CCC(C)C1C. The van der Waals surface area contributed by atoms with Crippen molar-refractivity contribution in [3.05, 3.63) is 0 Å². The van der Waals surface area contributed by atoms with Crippen molar-refractivity contribution in [3.63, 3.8) is 0 Å². The van der Waals surface area contributed by atoms with Crippen molar-refractivity contribution in [2.24, 2.45) is 23.7 Å². The summed E-state index contributed by atoms with van der Waals surface area (Å²) in [5.41, 5.74) is 0. The first-order valence-electron chi connectivity index (χ1n) is 8.57. The quantitative estimate of drug-likeness (QED) is 0.842. The zero-order chi connectivity index (χ0) is 13.6. The van der Waals surface area contributed by atoms with Crippen LogP contribution < -0.4 is 5.32 Å². The summed E-state index contributed by atoms with van der Waals surface area (Å²) in [6.45, 7) is 12.3. The summed E-state index contributed by atoms with van der Waals surface area (Å²) < 4.78 is 0. The van der Waals surface area contributed by atoms with Crippen LogP contribution in [0.2, 0.25) is 0 Å². The molecule has 5 atom stereocenters. The Bertz CT molecular complexity index is 310. The molecule has 0 aromatic heterocycles. The Balaban J connectivity index is 1.72. The van der Waals surface area contributed by atoms with E-state index in [0.29, 0.717) is 0 Å². The van der Waals surface area contributed by atoms with E-state index in [1.54, 1.807) is 0 Å². The molecule has 2 saturated carbocycles. The zero-order valence-corrected chi connectivity index (χ0v) is 13.2. The summed E-state index contributed by atoms with van der Waals surface area (Å²) in [6.07, 6.45) is 5.81. The topological polar surface area (TPSA) is 15.3 Å². The molecule has 1 heterocycles. The summed E-state index contributed by atoms with van der Waals surface area (Å²) in [6, 6.07) is 2.40. The standard InChI is InChI=1S/C17H32N2/c1-11(2)17-9-18-15(14-6-7-14)10-19(17)16-8-5-12(3)13(16)4/h11-18H,5-10H2,1-4H3. The van der Waals surface area contributed by atoms with Crippen molar-refractivity contribution in [1.29, 1.82) is 0 Å². The second-order valence-corrected chi connectivity index (χ2v) is 7.84. The first-order chi connectivity index (χ1) is 9.08. The van der Waals surface area contributed by atoms with Crippen LogP contribution in [0.25, 0.3) is 0 Å². The monoisotopic (exact) mass is 264 g/mol. The molecule has 0 aromatic rings. The summed E-state index contributed by atoms with van der Waals surface area (Å²) in [7, 11) is 0. The van der Waals surface area contributed by atoms with Gasteiger partial charge in [0.2, 0.25) is 0 Å². The van der Waals surface area contributed by atoms with Gasteiger partial charge in [0.05, 0.1) is 0 Å². The summed E-state index contributed by atoms with van der Waals surface area (Å²) in [4.78, 5) is 2.92. The van der Waals surface area contributed by atoms with E-state index in [1.807, 2.05) is 0 Å². The number of piperazine rings is 1. The second-order valence-electron chi connectivity index (χ2n) is 7.84. The number of hydrogen-bond donors (Lipinski definition) is 1. The predicted molar refractivity (Wildman–Crippen MR) is 81.2 cm³/mol. The van der Waals surface area contributed by atoms with Crippen LogP contribution in [0.5, 0.6) is 0 Å². The van der Waals surface area contributed by atoms with Gasteiger partial charge in [-0.2, -0.15) is 0 Å². The maximum Gasteiger partial charge on any atom is 0.0247 e. The number of hydrogen-bond acceptors (Lipinski definition) is 2. The number of rotatable bonds is 3. The molecule has 3 fully saturated rings. The lowest BCUT2D eigenvalue weighted by Crippen LogP contribution is -2.62. The predicted octanol–water partition coefficient (Wildman–Crippen LogP) is 3.13. The smallest absolute Gasteiger partial charge is 0.0247 e. The van der Waals surface area contributed by atoms with Crippen molar-refractivity contribution in [2.45, 2.75) is 71.5 Å². The fraction of sp³-hybridized carbons (Fsp3) is 1.00. The van der Waals surface area contributed by atoms with Crippen LogP contribution in [0, 0.1) is 23.7 Å². The maximum absolute atomic E-state index is 3.85. The Morgan fingerprint density at radius 2 is 1.79 bits per heavy atom. The van der Waals surface area contributed by atoms with Crippen molar-refractivity contribution in [2.75, 3.05) is 13.1 Å². The Morgan fingerprint density at radius 1 is 1.05 bits per heavy atom. The third kappa shape index (κ3) is 2.71. The van der Waals surface area contributed by atoms with Crippen molar-refractivity contribution in [1.82, 2.24) is 10.2 Å². The molecule has 1 saturated heterocycles. The Hall–Kier alpha value is -0.0800. The van der Waals surface area contributed by atoms with E-state index in [0.717, 1.165) is 41.8 Å². The van der Waals surface area contributed by atoms with Crippen LogP contribution in [-0.2, 0) is 0 Å². The number of nitrogens with one attached hydrogen (secondary N) is 1. The lowest BCUT2D eigenvalue weighted by molar-refractivity contribution is 0.0343. The molecule has 5 unspecified atom stereocenters. The summed E-state index contributed by atoms with van der Waals surface area (Å²) >= 11 is 0. The molecular weight excluding hydrogens is 232 g/mol. The minimum absolute atomic E-state index is 0.757. The van der Waals surface area contributed by atoms with E-state index >= 15 is 0 Å². The van der Waals surface area contributed by atoms with Crippen LogP contribution in [0.15, 0.2) is 0 Å². The van der Waals surface area contributed by atoms with Gasteiger partial charge in [-0.25, -0.2) is 0 Å². The highest BCUT2D eigenvalue weighted by molar-refractivity contribution is 4.99. The third-order valence-electron chi connectivity index (χ3n) is 6.23. The first kappa shape index (κ1) is 13.9. The molecule has 1 aliphatic heterocycles. The van der Waals surface area contributed by atoms with Gasteiger partial charge in [0.15, 0.2) is 0 Å². The highest BCUT2D eigenvalue weighted by Crippen LogP contribution is 2.40. The van der Waals surface area contributed by atoms with E-state index in [9.17, 15) is 0 Å². The van der Waals surface area contributed by atoms with Crippen LogP contribution in [0.3, 0.4) is 0 Å². The van der Waals surface area contributed by atoms with Crippen LogP contribution in [-0.4, -0.2) is 36.1 Å². The third-order valence-corrected chi connectivity index (χ3v) is 6.23. The zero-order valence-electron chi connectivity index (χ0n) is 13.2. The molecule has 0 amide bonds. The average Bonchev–Trinajstić information content (AvgIpc) is 3.17. The van der Waals surface area contributed by atoms with Gasteiger partial charge >= 0.3 is 0 Å². The molecule has 2 aliphatic carbocycles. The highest BCUT2D eigenvalue weighted by atomic mass is 15.3. The molecule has 0 bridgehead atoms. The fourth-order valence-corrected chi connectivity index (χ4v) is 4.44. The Morgan fingerprint density at radius 3 is 2.32 bits per heavy atom. The van der Waals surface area contributed by atoms with Crippen molar-refractivity contribution < 1.29 is 0 Å². The maximum atomic E-state index is 3.85. The molecule has 2 nitrogen and oxygen atoms in total. The van der Waals surface area contributed by atoms with Gasteiger partial charge < -0.3 is 5.32 Å². The minimum Gasteiger partial charge on any atom is -0.311 e. The first-order valence-corrected chi connectivity index (χ1v) is 8.57. The van der Waals surface area contributed by atoms with Crippen molar-refractivity contribution >= 4 is 0 Å². The van der Waals surface area contributed by atoms with Gasteiger partial charge in [-0.3, -0.25) is 4.90 Å². The van der Waals surface area contributed by atoms with E-state index in [-0.39, 0.29) is 0 Å². The summed E-state index contributed by atoms with van der Waals surface area (Å²) in [5, 5.41) is 3.85. The minimum atomic E-state index is 0.757. The van der Waals surface area contributed by atoms with E-state index in [1.165, 1.54) is 38.8 Å². The van der Waals surface area contributed by atoms with Crippen LogP contribution >= 0.6 is 0 Å². The van der Waals surface area contributed by atoms with Crippen LogP contribution in [0.1, 0.15) is 53.4 Å². The average molecular weight is 264 g/mol. The van der Waals surface area contributed by atoms with Gasteiger partial charge in [-0.15, -0.1) is 0 Å². The molecule has 110 valence electrons. The lowest BCUT2D eigenvalue weighted by Gasteiger charge is -2.47. The van der Waals surface area contributed by atoms with Gasteiger partial charge in [0, 0.05) is 31.2 Å². The molecule has 3 aliphatic rings. The summed E-state index contributed by atoms with van der Waals surface area (Å²) in [5.74, 6) is 3.58. The molecular formula is C17H32N2. The second kappa shape index (κ2) is 5.37. The molecule has 0 spiro atoms. The largest absolute Gasteiger partial charge is 0.311 e. The van der Waals surface area contributed by atoms with E-state index < -0.39 is 0 Å². The number of nitrogens with zero attached hydrogens (tertiary/aromatic N) is 1. The Kier molecular flexibility index (Phi) is 3.92. The van der Waals surface area contributed by atoms with Crippen molar-refractivity contribution in [3.8, 4) is 0 Å². The molecule has 2 heteroatoms. The normalized spacial score (nSPS) is 45.0. The molecule has 3 rings (SSSR count). The van der Waals surface area contributed by atoms with Crippen LogP contribution in [0.4, 0.5) is 0 Å². The van der Waals surface area contributed by atoms with Gasteiger partial charge in [0.25, 0.3) is 0 Å². The van der Waals surface area contributed by atoms with E-state index in [4.69, 9.17) is 0 Å². The van der Waals surface area contributed by atoms with Gasteiger partial charge in [-0.1, -0.05) is 27.7 Å². The lowest BCUT2D eigenvalue weighted by atomic mass is 9.90. The molecule has 0 aromatic carbocycles. The van der Waals surface area contributed by atoms with Gasteiger partial charge in [0.1, 0.15) is 0 Å². The Labute approximate surface area is 119 Å². The van der Waals surface area contributed by atoms with Gasteiger partial charge in [-0.05, 0) is 49.4 Å². The molecule has 19 heavy (non-hydrogen) atoms. The van der Waals surface area contributed by atoms with E-state index in [2.05, 4.69) is 37.9 Å². The highest BCUT2D eigenvalue weighted by Gasteiger charge is 2.43. The fourth-order valence-electron chi connectivity index (χ4n) is 4.44. The molecule has 1 N–H and O–H groups in total. The molecule has 0 radical (unpaired) electrons.